The third kappa shape index (κ3) is 2.06. The number of imidazole rings is 1. The van der Waals surface area contributed by atoms with Crippen LogP contribution in [0, 0.1) is 0 Å². The van der Waals surface area contributed by atoms with E-state index < -0.39 is 0 Å². The van der Waals surface area contributed by atoms with Gasteiger partial charge in [-0.1, -0.05) is 37.3 Å². The van der Waals surface area contributed by atoms with Crippen LogP contribution in [0.4, 0.5) is 0 Å². The minimum atomic E-state index is 0.342. The summed E-state index contributed by atoms with van der Waals surface area (Å²) in [7, 11) is 0. The van der Waals surface area contributed by atoms with Crippen molar-refractivity contribution in [3.8, 4) is 5.82 Å². The van der Waals surface area contributed by atoms with Gasteiger partial charge in [-0.15, -0.1) is 0 Å². The van der Waals surface area contributed by atoms with Gasteiger partial charge in [-0.3, -0.25) is 4.57 Å². The second-order valence-corrected chi connectivity index (χ2v) is 4.92. The van der Waals surface area contributed by atoms with E-state index in [0.717, 1.165) is 34.5 Å². The van der Waals surface area contributed by atoms with Crippen LogP contribution in [0.25, 0.3) is 16.7 Å². The zero-order valence-electron chi connectivity index (χ0n) is 11.1. The van der Waals surface area contributed by atoms with Gasteiger partial charge >= 0.3 is 0 Å². The number of aryl methyl sites for hydroxylation is 1. The fourth-order valence-electron chi connectivity index (χ4n) is 2.26. The fourth-order valence-corrected chi connectivity index (χ4v) is 2.41. The molecule has 0 fully saturated rings. The molecule has 1 aromatic carbocycles. The maximum absolute atomic E-state index is 5.86. The van der Waals surface area contributed by atoms with E-state index in [1.165, 1.54) is 0 Å². The predicted molar refractivity (Wildman–Crippen MR) is 84.1 cm³/mol. The second-order valence-electron chi connectivity index (χ2n) is 4.48. The summed E-state index contributed by atoms with van der Waals surface area (Å²) < 4.78 is 1.95. The molecule has 0 unspecified atom stereocenters. The number of thiocarbonyl (C=S) groups is 1. The highest BCUT2D eigenvalue weighted by molar-refractivity contribution is 7.80. The van der Waals surface area contributed by atoms with E-state index in [9.17, 15) is 0 Å². The highest BCUT2D eigenvalue weighted by Crippen LogP contribution is 2.21. The number of hydrogen-bond donors (Lipinski definition) is 1. The molecule has 4 nitrogen and oxygen atoms in total. The Morgan fingerprint density at radius 2 is 2.15 bits per heavy atom. The average Bonchev–Trinajstić information content (AvgIpc) is 2.94. The molecule has 0 bridgehead atoms. The van der Waals surface area contributed by atoms with E-state index in [1.54, 1.807) is 6.20 Å². The summed E-state index contributed by atoms with van der Waals surface area (Å²) in [5.74, 6) is 1.68. The Hall–Kier alpha value is -2.27. The first-order valence-corrected chi connectivity index (χ1v) is 6.83. The summed E-state index contributed by atoms with van der Waals surface area (Å²) in [4.78, 5) is 9.38. The van der Waals surface area contributed by atoms with E-state index in [4.69, 9.17) is 22.9 Å². The Morgan fingerprint density at radius 3 is 2.90 bits per heavy atom. The van der Waals surface area contributed by atoms with Gasteiger partial charge in [-0.05, 0) is 12.1 Å². The third-order valence-electron chi connectivity index (χ3n) is 3.23. The van der Waals surface area contributed by atoms with Gasteiger partial charge in [-0.2, -0.15) is 0 Å². The van der Waals surface area contributed by atoms with Crippen LogP contribution in [-0.2, 0) is 6.42 Å². The first-order valence-electron chi connectivity index (χ1n) is 6.43. The van der Waals surface area contributed by atoms with Crippen LogP contribution in [-0.4, -0.2) is 19.5 Å². The number of rotatable bonds is 3. The van der Waals surface area contributed by atoms with Gasteiger partial charge < -0.3 is 5.73 Å². The Morgan fingerprint density at radius 1 is 1.35 bits per heavy atom. The molecule has 100 valence electrons. The van der Waals surface area contributed by atoms with Crippen molar-refractivity contribution in [3.63, 3.8) is 0 Å². The number of aromatic nitrogens is 3. The molecule has 0 aliphatic heterocycles. The molecular formula is C15H14N4S. The van der Waals surface area contributed by atoms with Crippen molar-refractivity contribution in [1.82, 2.24) is 14.5 Å². The number of fused-ring (bicyclic) bond motifs is 1. The summed E-state index contributed by atoms with van der Waals surface area (Å²) in [5.41, 5.74) is 7.55. The number of pyridine rings is 1. The fraction of sp³-hybridized carbons (Fsp3) is 0.133. The minimum Gasteiger partial charge on any atom is -0.389 e. The van der Waals surface area contributed by atoms with Crippen molar-refractivity contribution in [1.29, 1.82) is 0 Å². The molecule has 20 heavy (non-hydrogen) atoms. The lowest BCUT2D eigenvalue weighted by atomic mass is 10.1. The standard InChI is InChI=1S/C15H14N4S/c1-2-13-17-7-8-19(13)15-11(14(16)20)9-10-5-3-4-6-12(10)18-15/h3-9H,2H2,1H3,(H2,16,20). The average molecular weight is 282 g/mol. The first-order chi connectivity index (χ1) is 9.70. The van der Waals surface area contributed by atoms with Crippen LogP contribution in [0.5, 0.6) is 0 Å². The molecular weight excluding hydrogens is 268 g/mol. The smallest absolute Gasteiger partial charge is 0.149 e. The summed E-state index contributed by atoms with van der Waals surface area (Å²) >= 11 is 5.17. The van der Waals surface area contributed by atoms with Gasteiger partial charge in [0.25, 0.3) is 0 Å². The van der Waals surface area contributed by atoms with Gasteiger partial charge in [-0.25, -0.2) is 9.97 Å². The van der Waals surface area contributed by atoms with E-state index in [0.29, 0.717) is 4.99 Å². The molecule has 0 atom stereocenters. The molecule has 2 aromatic heterocycles. The summed E-state index contributed by atoms with van der Waals surface area (Å²) in [6.07, 6.45) is 4.47. The predicted octanol–water partition coefficient (Wildman–Crippen LogP) is 2.62. The van der Waals surface area contributed by atoms with Crippen molar-refractivity contribution in [2.75, 3.05) is 0 Å². The lowest BCUT2D eigenvalue weighted by molar-refractivity contribution is 0.870. The summed E-state index contributed by atoms with van der Waals surface area (Å²) in [5, 5.41) is 1.03. The number of hydrogen-bond acceptors (Lipinski definition) is 3. The van der Waals surface area contributed by atoms with Crippen LogP contribution >= 0.6 is 12.2 Å². The van der Waals surface area contributed by atoms with Gasteiger partial charge in [0.15, 0.2) is 0 Å². The van der Waals surface area contributed by atoms with Gasteiger partial charge in [0.05, 0.1) is 11.1 Å². The Bertz CT molecular complexity index is 791. The van der Waals surface area contributed by atoms with E-state index >= 15 is 0 Å². The van der Waals surface area contributed by atoms with Gasteiger partial charge in [0, 0.05) is 24.2 Å². The molecule has 0 aliphatic rings. The van der Waals surface area contributed by atoms with Crippen LogP contribution in [0.2, 0.25) is 0 Å². The number of benzene rings is 1. The maximum Gasteiger partial charge on any atom is 0.149 e. The van der Waals surface area contributed by atoms with Crippen LogP contribution in [0.3, 0.4) is 0 Å². The number of nitrogens with two attached hydrogens (primary N) is 1. The topological polar surface area (TPSA) is 56.7 Å². The quantitative estimate of drug-likeness (QED) is 0.750. The van der Waals surface area contributed by atoms with Gasteiger partial charge in [0.1, 0.15) is 16.6 Å². The Balaban J connectivity index is 2.33. The minimum absolute atomic E-state index is 0.342. The lowest BCUT2D eigenvalue weighted by Gasteiger charge is -2.12. The molecule has 2 N–H and O–H groups in total. The molecule has 0 aliphatic carbocycles. The number of para-hydroxylation sites is 1. The van der Waals surface area contributed by atoms with Gasteiger partial charge in [0.2, 0.25) is 0 Å². The maximum atomic E-state index is 5.86. The van der Waals surface area contributed by atoms with E-state index in [-0.39, 0.29) is 0 Å². The van der Waals surface area contributed by atoms with E-state index in [1.807, 2.05) is 41.1 Å². The van der Waals surface area contributed by atoms with Crippen LogP contribution in [0.15, 0.2) is 42.7 Å². The van der Waals surface area contributed by atoms with Crippen molar-refractivity contribution < 1.29 is 0 Å². The normalized spacial score (nSPS) is 10.8. The lowest BCUT2D eigenvalue weighted by Crippen LogP contribution is -2.15. The third-order valence-corrected chi connectivity index (χ3v) is 3.45. The monoisotopic (exact) mass is 282 g/mol. The molecule has 0 saturated carbocycles. The van der Waals surface area contributed by atoms with Crippen molar-refractivity contribution in [2.45, 2.75) is 13.3 Å². The van der Waals surface area contributed by atoms with Crippen LogP contribution < -0.4 is 5.73 Å². The van der Waals surface area contributed by atoms with Crippen molar-refractivity contribution in [2.24, 2.45) is 5.73 Å². The zero-order valence-corrected chi connectivity index (χ0v) is 11.9. The highest BCUT2D eigenvalue weighted by Gasteiger charge is 2.13. The zero-order chi connectivity index (χ0) is 14.1. The van der Waals surface area contributed by atoms with Crippen molar-refractivity contribution >= 4 is 28.1 Å². The Labute approximate surface area is 122 Å². The molecule has 5 heteroatoms. The SMILES string of the molecule is CCc1nccn1-c1nc2ccccc2cc1C(N)=S. The molecule has 0 spiro atoms. The molecule has 0 amide bonds. The molecule has 2 heterocycles. The molecule has 0 radical (unpaired) electrons. The van der Waals surface area contributed by atoms with Crippen molar-refractivity contribution in [3.05, 3.63) is 54.1 Å². The Kier molecular flexibility index (Phi) is 3.20. The van der Waals surface area contributed by atoms with E-state index in [2.05, 4.69) is 11.9 Å². The molecule has 0 saturated heterocycles. The first kappa shape index (κ1) is 12.7. The summed E-state index contributed by atoms with van der Waals surface area (Å²) in [6, 6.07) is 9.91. The number of nitrogens with zero attached hydrogens (tertiary/aromatic N) is 3. The molecule has 3 rings (SSSR count). The highest BCUT2D eigenvalue weighted by atomic mass is 32.1. The molecule has 3 aromatic rings. The summed E-state index contributed by atoms with van der Waals surface area (Å²) in [6.45, 7) is 2.06. The van der Waals surface area contributed by atoms with Crippen LogP contribution in [0.1, 0.15) is 18.3 Å². The second kappa shape index (κ2) is 5.02. The largest absolute Gasteiger partial charge is 0.389 e.